The third-order valence-corrected chi connectivity index (χ3v) is 5.38. The summed E-state index contributed by atoms with van der Waals surface area (Å²) in [4.78, 5) is 32.1. The van der Waals surface area contributed by atoms with Gasteiger partial charge >= 0.3 is 0 Å². The molecule has 7 nitrogen and oxygen atoms in total. The van der Waals surface area contributed by atoms with Gasteiger partial charge in [-0.25, -0.2) is 4.98 Å². The number of carbonyl (C=O) groups excluding carboxylic acids is 2. The smallest absolute Gasteiger partial charge is 0.272 e. The van der Waals surface area contributed by atoms with Crippen molar-refractivity contribution in [1.29, 1.82) is 0 Å². The second kappa shape index (κ2) is 7.50. The molecule has 2 saturated heterocycles. The van der Waals surface area contributed by atoms with Crippen LogP contribution in [0.4, 0.5) is 5.69 Å². The summed E-state index contributed by atoms with van der Waals surface area (Å²) in [5.74, 6) is 1.19. The highest BCUT2D eigenvalue weighted by molar-refractivity contribution is 5.92. The Hall–Kier alpha value is -3.09. The lowest BCUT2D eigenvalue weighted by Crippen LogP contribution is -2.42. The highest BCUT2D eigenvalue weighted by Crippen LogP contribution is 2.39. The summed E-state index contributed by atoms with van der Waals surface area (Å²) in [6.07, 6.45) is 4.43. The summed E-state index contributed by atoms with van der Waals surface area (Å²) >= 11 is 0. The Kier molecular flexibility index (Phi) is 4.90. The minimum absolute atomic E-state index is 0.0452. The summed E-state index contributed by atoms with van der Waals surface area (Å²) in [7, 11) is 0. The number of amides is 2. The summed E-state index contributed by atoms with van der Waals surface area (Å²) < 4.78 is 6.06. The van der Waals surface area contributed by atoms with Crippen molar-refractivity contribution in [3.63, 3.8) is 0 Å². The third-order valence-electron chi connectivity index (χ3n) is 5.38. The van der Waals surface area contributed by atoms with Crippen LogP contribution >= 0.6 is 0 Å². The van der Waals surface area contributed by atoms with E-state index in [1.807, 2.05) is 17.0 Å². The Labute approximate surface area is 164 Å². The van der Waals surface area contributed by atoms with Crippen molar-refractivity contribution in [2.45, 2.75) is 32.2 Å². The molecule has 4 rings (SSSR count). The summed E-state index contributed by atoms with van der Waals surface area (Å²) in [6.45, 7) is 3.91. The van der Waals surface area contributed by atoms with Crippen LogP contribution in [0.25, 0.3) is 0 Å². The van der Waals surface area contributed by atoms with Crippen molar-refractivity contribution in [2.75, 3.05) is 25.4 Å². The Morgan fingerprint density at radius 3 is 2.61 bits per heavy atom. The maximum atomic E-state index is 12.2. The van der Waals surface area contributed by atoms with Gasteiger partial charge in [-0.1, -0.05) is 0 Å². The Morgan fingerprint density at radius 2 is 1.96 bits per heavy atom. The molecule has 0 spiro atoms. The zero-order valence-electron chi connectivity index (χ0n) is 15.9. The average molecular weight is 380 g/mol. The van der Waals surface area contributed by atoms with Gasteiger partial charge in [-0.15, -0.1) is 0 Å². The van der Waals surface area contributed by atoms with Gasteiger partial charge in [0.1, 0.15) is 17.2 Å². The fourth-order valence-electron chi connectivity index (χ4n) is 3.76. The molecule has 2 N–H and O–H groups in total. The predicted octanol–water partition coefficient (Wildman–Crippen LogP) is 2.99. The molecule has 2 aliphatic rings. The van der Waals surface area contributed by atoms with Crippen molar-refractivity contribution < 1.29 is 14.3 Å². The quantitative estimate of drug-likeness (QED) is 0.824. The lowest BCUT2D eigenvalue weighted by Gasteiger charge is -2.30. The number of ether oxygens (including phenoxy) is 1. The predicted molar refractivity (Wildman–Crippen MR) is 105 cm³/mol. The first-order valence-corrected chi connectivity index (χ1v) is 9.63. The zero-order valence-corrected chi connectivity index (χ0v) is 15.9. The second-order valence-electron chi connectivity index (χ2n) is 7.29. The van der Waals surface area contributed by atoms with Gasteiger partial charge in [-0.2, -0.15) is 0 Å². The standard InChI is InChI=1S/C21H24N4O3/c1-14(26)25-11-2-4-19(25)17-12-15(22)5-8-20(17)28-16-6-7-18(23-13-16)21(27)24-9-3-10-24/h5-8,12-13,19H,2-4,9-11,22H2,1H3/t19-/m1/s1. The van der Waals surface area contributed by atoms with E-state index in [9.17, 15) is 9.59 Å². The maximum Gasteiger partial charge on any atom is 0.272 e. The van der Waals surface area contributed by atoms with Crippen molar-refractivity contribution in [3.8, 4) is 11.5 Å². The van der Waals surface area contributed by atoms with Crippen LogP contribution in [0.1, 0.15) is 48.3 Å². The van der Waals surface area contributed by atoms with Crippen LogP contribution in [0.5, 0.6) is 11.5 Å². The first-order chi connectivity index (χ1) is 13.5. The number of nitrogens with zero attached hydrogens (tertiary/aromatic N) is 3. The van der Waals surface area contributed by atoms with E-state index in [2.05, 4.69) is 4.98 Å². The van der Waals surface area contributed by atoms with E-state index in [1.54, 1.807) is 36.2 Å². The number of benzene rings is 1. The van der Waals surface area contributed by atoms with Crippen LogP contribution in [0.2, 0.25) is 0 Å². The number of nitrogens with two attached hydrogens (primary N) is 1. The number of aromatic nitrogens is 1. The molecule has 0 bridgehead atoms. The maximum absolute atomic E-state index is 12.2. The number of hydrogen-bond acceptors (Lipinski definition) is 5. The molecule has 0 saturated carbocycles. The SMILES string of the molecule is CC(=O)N1CCC[C@@H]1c1cc(N)ccc1Oc1ccc(C(=O)N2CCC2)nc1. The Balaban J connectivity index is 1.56. The summed E-state index contributed by atoms with van der Waals surface area (Å²) in [5.41, 5.74) is 7.94. The van der Waals surface area contributed by atoms with Gasteiger partial charge < -0.3 is 20.3 Å². The van der Waals surface area contributed by atoms with Crippen molar-refractivity contribution in [3.05, 3.63) is 47.8 Å². The molecule has 0 radical (unpaired) electrons. The van der Waals surface area contributed by atoms with E-state index in [0.29, 0.717) is 22.9 Å². The van der Waals surface area contributed by atoms with Gasteiger partial charge in [0, 0.05) is 37.8 Å². The van der Waals surface area contributed by atoms with E-state index in [-0.39, 0.29) is 17.9 Å². The van der Waals surface area contributed by atoms with E-state index in [0.717, 1.165) is 44.5 Å². The van der Waals surface area contributed by atoms with Crippen molar-refractivity contribution in [1.82, 2.24) is 14.8 Å². The first-order valence-electron chi connectivity index (χ1n) is 9.63. The van der Waals surface area contributed by atoms with Crippen molar-refractivity contribution in [2.24, 2.45) is 0 Å². The fourth-order valence-corrected chi connectivity index (χ4v) is 3.76. The highest BCUT2D eigenvalue weighted by atomic mass is 16.5. The molecule has 146 valence electrons. The molecule has 2 amide bonds. The van der Waals surface area contributed by atoms with Crippen LogP contribution in [-0.4, -0.2) is 46.2 Å². The average Bonchev–Trinajstić information content (AvgIpc) is 3.12. The van der Waals surface area contributed by atoms with E-state index in [1.165, 1.54) is 0 Å². The normalized spacial score (nSPS) is 18.7. The van der Waals surface area contributed by atoms with Gasteiger partial charge in [0.25, 0.3) is 5.91 Å². The molecule has 2 fully saturated rings. The molecule has 1 aromatic heterocycles. The number of carbonyl (C=O) groups is 2. The van der Waals surface area contributed by atoms with Crippen LogP contribution in [0.3, 0.4) is 0 Å². The number of hydrogen-bond donors (Lipinski definition) is 1. The summed E-state index contributed by atoms with van der Waals surface area (Å²) in [6, 6.07) is 8.86. The van der Waals surface area contributed by atoms with Crippen LogP contribution < -0.4 is 10.5 Å². The fraction of sp³-hybridized carbons (Fsp3) is 0.381. The van der Waals surface area contributed by atoms with Gasteiger partial charge in [-0.3, -0.25) is 9.59 Å². The summed E-state index contributed by atoms with van der Waals surface area (Å²) in [5, 5.41) is 0. The molecular formula is C21H24N4O3. The number of rotatable bonds is 4. The molecule has 2 aromatic rings. The zero-order chi connectivity index (χ0) is 19.7. The van der Waals surface area contributed by atoms with Gasteiger partial charge in [0.2, 0.25) is 5.91 Å². The lowest BCUT2D eigenvalue weighted by atomic mass is 10.0. The molecule has 0 unspecified atom stereocenters. The molecule has 2 aliphatic heterocycles. The number of likely N-dealkylation sites (tertiary alicyclic amines) is 2. The molecular weight excluding hydrogens is 356 g/mol. The van der Waals surface area contributed by atoms with Gasteiger partial charge in [0.05, 0.1) is 12.2 Å². The van der Waals surface area contributed by atoms with Crippen molar-refractivity contribution >= 4 is 17.5 Å². The van der Waals surface area contributed by atoms with Crippen LogP contribution in [0.15, 0.2) is 36.5 Å². The van der Waals surface area contributed by atoms with Crippen LogP contribution in [0, 0.1) is 0 Å². The molecule has 3 heterocycles. The minimum Gasteiger partial charge on any atom is -0.455 e. The third kappa shape index (κ3) is 3.52. The van der Waals surface area contributed by atoms with Gasteiger partial charge in [-0.05, 0) is 49.6 Å². The molecule has 28 heavy (non-hydrogen) atoms. The monoisotopic (exact) mass is 380 g/mol. The molecule has 1 aromatic carbocycles. The second-order valence-corrected chi connectivity index (χ2v) is 7.29. The highest BCUT2D eigenvalue weighted by Gasteiger charge is 2.30. The van der Waals surface area contributed by atoms with E-state index >= 15 is 0 Å². The minimum atomic E-state index is -0.0472. The number of pyridine rings is 1. The number of anilines is 1. The molecule has 7 heteroatoms. The topological polar surface area (TPSA) is 88.8 Å². The Morgan fingerprint density at radius 1 is 1.14 bits per heavy atom. The van der Waals surface area contributed by atoms with Gasteiger partial charge in [0.15, 0.2) is 0 Å². The molecule has 0 aliphatic carbocycles. The van der Waals surface area contributed by atoms with E-state index < -0.39 is 0 Å². The first kappa shape index (κ1) is 18.3. The van der Waals surface area contributed by atoms with Crippen LogP contribution in [-0.2, 0) is 4.79 Å². The molecule has 1 atom stereocenters. The lowest BCUT2D eigenvalue weighted by molar-refractivity contribution is -0.129. The largest absolute Gasteiger partial charge is 0.455 e. The number of nitrogen functional groups attached to an aromatic ring is 1. The van der Waals surface area contributed by atoms with E-state index in [4.69, 9.17) is 10.5 Å². The Bertz CT molecular complexity index is 893.